The van der Waals surface area contributed by atoms with E-state index in [0.717, 1.165) is 30.3 Å². The number of benzene rings is 1. The molecule has 1 N–H and O–H groups in total. The third-order valence-electron chi connectivity index (χ3n) is 3.82. The number of amides is 1. The van der Waals surface area contributed by atoms with Crippen molar-refractivity contribution in [3.63, 3.8) is 0 Å². The van der Waals surface area contributed by atoms with Gasteiger partial charge in [-0.2, -0.15) is 0 Å². The molecule has 0 aliphatic heterocycles. The summed E-state index contributed by atoms with van der Waals surface area (Å²) in [6, 6.07) is 6.09. The summed E-state index contributed by atoms with van der Waals surface area (Å²) >= 11 is 6.09. The van der Waals surface area contributed by atoms with Gasteiger partial charge >= 0.3 is 0 Å². The van der Waals surface area contributed by atoms with Gasteiger partial charge in [-0.25, -0.2) is 4.98 Å². The number of imidazole rings is 1. The highest BCUT2D eigenvalue weighted by atomic mass is 35.5. The third-order valence-corrected chi connectivity index (χ3v) is 4.05. The fourth-order valence-corrected chi connectivity index (χ4v) is 2.75. The maximum absolute atomic E-state index is 11.8. The lowest BCUT2D eigenvalue weighted by molar-refractivity contribution is -0.116. The van der Waals surface area contributed by atoms with E-state index in [1.807, 2.05) is 25.1 Å². The van der Waals surface area contributed by atoms with Crippen LogP contribution in [0.1, 0.15) is 45.1 Å². The van der Waals surface area contributed by atoms with Crippen LogP contribution in [0.5, 0.6) is 0 Å². The maximum atomic E-state index is 11.8. The van der Waals surface area contributed by atoms with Crippen molar-refractivity contribution in [2.24, 2.45) is 0 Å². The standard InChI is InChI=1S/C15H18ClN3O/c1-2-4-14(20)18-15-17-12-8-7-10(16)9-13(12)19(15)11-5-3-6-11/h7-9,11H,2-6H2,1H3,(H,17,18,20). The molecule has 20 heavy (non-hydrogen) atoms. The Bertz CT molecular complexity index is 646. The van der Waals surface area contributed by atoms with Crippen LogP contribution in [0.4, 0.5) is 5.95 Å². The van der Waals surface area contributed by atoms with Crippen molar-refractivity contribution < 1.29 is 4.79 Å². The van der Waals surface area contributed by atoms with Crippen molar-refractivity contribution >= 4 is 34.5 Å². The topological polar surface area (TPSA) is 46.9 Å². The molecule has 1 saturated carbocycles. The molecule has 0 spiro atoms. The van der Waals surface area contributed by atoms with Crippen molar-refractivity contribution in [1.82, 2.24) is 9.55 Å². The number of nitrogens with zero attached hydrogens (tertiary/aromatic N) is 2. The second kappa shape index (κ2) is 5.44. The molecule has 1 aromatic carbocycles. The van der Waals surface area contributed by atoms with Gasteiger partial charge in [-0.05, 0) is 43.9 Å². The highest BCUT2D eigenvalue weighted by molar-refractivity contribution is 6.31. The molecule has 1 aliphatic rings. The summed E-state index contributed by atoms with van der Waals surface area (Å²) in [5.74, 6) is 0.680. The van der Waals surface area contributed by atoms with E-state index in [2.05, 4.69) is 14.9 Å². The van der Waals surface area contributed by atoms with Gasteiger partial charge in [-0.3, -0.25) is 10.1 Å². The Morgan fingerprint density at radius 1 is 1.50 bits per heavy atom. The highest BCUT2D eigenvalue weighted by Crippen LogP contribution is 2.37. The van der Waals surface area contributed by atoms with E-state index in [1.54, 1.807) is 0 Å². The first-order valence-corrected chi connectivity index (χ1v) is 7.54. The number of hydrogen-bond acceptors (Lipinski definition) is 2. The Kier molecular flexibility index (Phi) is 3.66. The zero-order chi connectivity index (χ0) is 14.1. The Labute approximate surface area is 123 Å². The quantitative estimate of drug-likeness (QED) is 0.919. The average molecular weight is 292 g/mol. The summed E-state index contributed by atoms with van der Waals surface area (Å²) in [5, 5.41) is 3.64. The number of anilines is 1. The van der Waals surface area contributed by atoms with Gasteiger partial charge in [0, 0.05) is 17.5 Å². The van der Waals surface area contributed by atoms with Gasteiger partial charge in [0.2, 0.25) is 11.9 Å². The number of halogens is 1. The molecule has 0 atom stereocenters. The van der Waals surface area contributed by atoms with E-state index in [-0.39, 0.29) is 5.91 Å². The molecule has 3 rings (SSSR count). The van der Waals surface area contributed by atoms with E-state index < -0.39 is 0 Å². The largest absolute Gasteiger partial charge is 0.307 e. The van der Waals surface area contributed by atoms with Crippen LogP contribution in [0.15, 0.2) is 18.2 Å². The predicted molar refractivity (Wildman–Crippen MR) is 81.2 cm³/mol. The van der Waals surface area contributed by atoms with Crippen molar-refractivity contribution in [2.75, 3.05) is 5.32 Å². The van der Waals surface area contributed by atoms with E-state index in [4.69, 9.17) is 11.6 Å². The molecule has 4 nitrogen and oxygen atoms in total. The van der Waals surface area contributed by atoms with Crippen LogP contribution in [-0.4, -0.2) is 15.5 Å². The number of carbonyl (C=O) groups is 1. The number of fused-ring (bicyclic) bond motifs is 1. The predicted octanol–water partition coefficient (Wildman–Crippen LogP) is 4.15. The Balaban J connectivity index is 2.03. The molecule has 1 amide bonds. The third kappa shape index (κ3) is 2.40. The van der Waals surface area contributed by atoms with Gasteiger partial charge in [0.05, 0.1) is 11.0 Å². The summed E-state index contributed by atoms with van der Waals surface area (Å²) in [6.07, 6.45) is 4.85. The summed E-state index contributed by atoms with van der Waals surface area (Å²) in [7, 11) is 0. The van der Waals surface area contributed by atoms with Crippen LogP contribution in [0.25, 0.3) is 11.0 Å². The molecule has 0 unspecified atom stereocenters. The van der Waals surface area contributed by atoms with Crippen LogP contribution in [0, 0.1) is 0 Å². The minimum Gasteiger partial charge on any atom is -0.307 e. The van der Waals surface area contributed by atoms with E-state index in [9.17, 15) is 4.79 Å². The number of hydrogen-bond donors (Lipinski definition) is 1. The molecule has 1 fully saturated rings. The summed E-state index contributed by atoms with van der Waals surface area (Å²) in [6.45, 7) is 1.99. The fraction of sp³-hybridized carbons (Fsp3) is 0.467. The zero-order valence-corrected chi connectivity index (χ0v) is 12.3. The van der Waals surface area contributed by atoms with E-state index >= 15 is 0 Å². The van der Waals surface area contributed by atoms with Gasteiger partial charge in [0.1, 0.15) is 0 Å². The zero-order valence-electron chi connectivity index (χ0n) is 11.5. The molecule has 1 heterocycles. The molecule has 5 heteroatoms. The lowest BCUT2D eigenvalue weighted by Gasteiger charge is -2.29. The molecular weight excluding hydrogens is 274 g/mol. The molecule has 0 radical (unpaired) electrons. The summed E-state index contributed by atoms with van der Waals surface area (Å²) in [5.41, 5.74) is 1.89. The lowest BCUT2D eigenvalue weighted by Crippen LogP contribution is -2.21. The molecule has 0 saturated heterocycles. The van der Waals surface area contributed by atoms with Crippen LogP contribution in [0.3, 0.4) is 0 Å². The Morgan fingerprint density at radius 3 is 2.95 bits per heavy atom. The monoisotopic (exact) mass is 291 g/mol. The molecule has 0 bridgehead atoms. The van der Waals surface area contributed by atoms with Gasteiger partial charge in [0.15, 0.2) is 0 Å². The normalized spacial score (nSPS) is 15.3. The minimum atomic E-state index is 0.0227. The number of nitrogens with one attached hydrogen (secondary N) is 1. The van der Waals surface area contributed by atoms with Crippen molar-refractivity contribution in [1.29, 1.82) is 0 Å². The van der Waals surface area contributed by atoms with E-state index in [1.165, 1.54) is 6.42 Å². The number of aromatic nitrogens is 2. The smallest absolute Gasteiger partial charge is 0.226 e. The second-order valence-electron chi connectivity index (χ2n) is 5.32. The number of carbonyl (C=O) groups excluding carboxylic acids is 1. The lowest BCUT2D eigenvalue weighted by atomic mass is 9.93. The SMILES string of the molecule is CCCC(=O)Nc1nc2ccc(Cl)cc2n1C1CCC1. The fourth-order valence-electron chi connectivity index (χ4n) is 2.58. The average Bonchev–Trinajstić information content (AvgIpc) is 2.66. The van der Waals surface area contributed by atoms with Gasteiger partial charge in [-0.1, -0.05) is 18.5 Å². The van der Waals surface area contributed by atoms with Crippen molar-refractivity contribution in [2.45, 2.75) is 45.1 Å². The first-order chi connectivity index (χ1) is 9.69. The first-order valence-electron chi connectivity index (χ1n) is 7.16. The minimum absolute atomic E-state index is 0.0227. The van der Waals surface area contributed by atoms with Gasteiger partial charge in [-0.15, -0.1) is 0 Å². The van der Waals surface area contributed by atoms with Crippen LogP contribution in [0.2, 0.25) is 5.02 Å². The molecular formula is C15H18ClN3O. The maximum Gasteiger partial charge on any atom is 0.226 e. The van der Waals surface area contributed by atoms with Crippen LogP contribution >= 0.6 is 11.6 Å². The van der Waals surface area contributed by atoms with Crippen molar-refractivity contribution in [3.8, 4) is 0 Å². The van der Waals surface area contributed by atoms with E-state index in [0.29, 0.717) is 23.4 Å². The van der Waals surface area contributed by atoms with Crippen LogP contribution < -0.4 is 5.32 Å². The Morgan fingerprint density at radius 2 is 2.30 bits per heavy atom. The Hall–Kier alpha value is -1.55. The summed E-state index contributed by atoms with van der Waals surface area (Å²) in [4.78, 5) is 16.4. The summed E-state index contributed by atoms with van der Waals surface area (Å²) < 4.78 is 2.14. The number of rotatable bonds is 4. The first kappa shape index (κ1) is 13.4. The van der Waals surface area contributed by atoms with Crippen LogP contribution in [-0.2, 0) is 4.79 Å². The molecule has 1 aliphatic carbocycles. The second-order valence-corrected chi connectivity index (χ2v) is 5.76. The van der Waals surface area contributed by atoms with Gasteiger partial charge in [0.25, 0.3) is 0 Å². The highest BCUT2D eigenvalue weighted by Gasteiger charge is 2.25. The molecule has 106 valence electrons. The van der Waals surface area contributed by atoms with Crippen molar-refractivity contribution in [3.05, 3.63) is 23.2 Å². The molecule has 2 aromatic rings. The molecule has 1 aromatic heterocycles. The van der Waals surface area contributed by atoms with Gasteiger partial charge < -0.3 is 4.57 Å².